The van der Waals surface area contributed by atoms with Gasteiger partial charge >= 0.3 is 5.97 Å². The molecule has 0 aromatic heterocycles. The van der Waals surface area contributed by atoms with E-state index in [9.17, 15) is 14.7 Å². The zero-order valence-corrected chi connectivity index (χ0v) is 29.2. The molecule has 1 aliphatic carbocycles. The number of phenolic OH excluding ortho intramolecular Hbond substituents is 1. The van der Waals surface area contributed by atoms with Crippen molar-refractivity contribution in [2.24, 2.45) is 11.8 Å². The van der Waals surface area contributed by atoms with Gasteiger partial charge in [0.15, 0.2) is 23.0 Å². The number of fused-ring (bicyclic) bond motifs is 3. The molecule has 4 aromatic carbocycles. The smallest absolute Gasteiger partial charge is 0.310 e. The lowest BCUT2D eigenvalue weighted by Crippen LogP contribution is -2.37. The number of nitrogens with one attached hydrogen (secondary N) is 2. The second-order valence-electron chi connectivity index (χ2n) is 13.2. The number of carbonyl (C=O) groups is 2. The Morgan fingerprint density at radius 2 is 1.58 bits per heavy atom. The molecule has 12 nitrogen and oxygen atoms in total. The van der Waals surface area contributed by atoms with E-state index in [1.807, 2.05) is 48.5 Å². The summed E-state index contributed by atoms with van der Waals surface area (Å²) < 4.78 is 34.2. The van der Waals surface area contributed by atoms with Crippen LogP contribution in [0.3, 0.4) is 0 Å². The van der Waals surface area contributed by atoms with Gasteiger partial charge in [0.05, 0.1) is 50.8 Å². The molecule has 3 aliphatic rings. The predicted molar refractivity (Wildman–Crippen MR) is 194 cm³/mol. The van der Waals surface area contributed by atoms with E-state index in [-0.39, 0.29) is 54.5 Å². The number of rotatable bonds is 14. The zero-order valence-electron chi connectivity index (χ0n) is 29.2. The van der Waals surface area contributed by atoms with Gasteiger partial charge in [0.25, 0.3) is 0 Å². The molecular formula is C40H43N3O9. The van der Waals surface area contributed by atoms with E-state index in [0.717, 1.165) is 53.8 Å². The third-order valence-electron chi connectivity index (χ3n) is 10.0. The quantitative estimate of drug-likeness (QED) is 0.0621. The monoisotopic (exact) mass is 709 g/mol. The molecule has 4 aromatic rings. The number of nitrogens with two attached hydrogens (primary N) is 1. The van der Waals surface area contributed by atoms with Gasteiger partial charge in [0.2, 0.25) is 18.4 Å². The van der Waals surface area contributed by atoms with E-state index < -0.39 is 11.8 Å². The molecule has 0 saturated carbocycles. The van der Waals surface area contributed by atoms with Crippen molar-refractivity contribution in [3.8, 4) is 34.5 Å². The van der Waals surface area contributed by atoms with Crippen LogP contribution < -0.4 is 40.1 Å². The summed E-state index contributed by atoms with van der Waals surface area (Å²) in [7, 11) is 2.95. The fourth-order valence-electron chi connectivity index (χ4n) is 7.42. The molecule has 0 unspecified atom stereocenters. The molecule has 2 aliphatic heterocycles. The average molecular weight is 710 g/mol. The molecule has 1 amide bonds. The predicted octanol–water partition coefficient (Wildman–Crippen LogP) is 6.78. The number of phenols is 1. The van der Waals surface area contributed by atoms with E-state index in [1.54, 1.807) is 24.3 Å². The number of benzene rings is 4. The first kappa shape index (κ1) is 34.7. The Hall–Kier alpha value is -5.78. The number of aromatic hydroxyl groups is 1. The minimum absolute atomic E-state index is 0.0353. The first-order chi connectivity index (χ1) is 25.3. The molecule has 1 saturated heterocycles. The Bertz CT molecular complexity index is 1910. The summed E-state index contributed by atoms with van der Waals surface area (Å²) in [6.45, 7) is 0.922. The van der Waals surface area contributed by atoms with Crippen LogP contribution in [0.25, 0.3) is 0 Å². The number of nitrogen functional groups attached to an aromatic ring is 1. The molecule has 1 fully saturated rings. The van der Waals surface area contributed by atoms with Gasteiger partial charge < -0.3 is 49.9 Å². The van der Waals surface area contributed by atoms with E-state index in [2.05, 4.69) is 10.6 Å². The van der Waals surface area contributed by atoms with E-state index in [4.69, 9.17) is 34.2 Å². The maximum Gasteiger partial charge on any atom is 0.310 e. The number of methoxy groups -OCH3 is 2. The lowest BCUT2D eigenvalue weighted by molar-refractivity contribution is -0.141. The molecule has 7 rings (SSSR count). The summed E-state index contributed by atoms with van der Waals surface area (Å²) >= 11 is 0. The Balaban J connectivity index is 1.01. The van der Waals surface area contributed by atoms with Gasteiger partial charge in [-0.3, -0.25) is 9.59 Å². The van der Waals surface area contributed by atoms with Crippen molar-refractivity contribution < 1.29 is 43.1 Å². The highest BCUT2D eigenvalue weighted by molar-refractivity contribution is 5.93. The van der Waals surface area contributed by atoms with Crippen molar-refractivity contribution in [3.63, 3.8) is 0 Å². The topological polar surface area (TPSA) is 160 Å². The highest BCUT2D eigenvalue weighted by Crippen LogP contribution is 2.56. The van der Waals surface area contributed by atoms with Crippen molar-refractivity contribution in [1.82, 2.24) is 0 Å². The second-order valence-corrected chi connectivity index (χ2v) is 13.2. The van der Waals surface area contributed by atoms with Crippen molar-refractivity contribution in [2.45, 2.75) is 44.1 Å². The van der Waals surface area contributed by atoms with Gasteiger partial charge in [-0.25, -0.2) is 0 Å². The number of unbranched alkanes of at least 4 members (excludes halogenated alkanes) is 3. The standard InChI is InChI=1S/C40H43N3O9/c1-47-33-17-23(18-34(48-2)39(33)45)36-26-19-31-32(52-22-51-31)20-27(26)38(28-21-50-40(46)37(28)36)42-24-12-14-25(15-13-24)49-16-8-4-3-5-11-35(44)43-30-10-7-6-9-29(30)41/h6-7,9-10,12-15,17-20,28,36-38,42,45H,3-5,8,11,16,21-22,41H2,1-2H3,(H,43,44)/t28-,36+,37-,38+/m0/s1. The number of hydrogen-bond acceptors (Lipinski definition) is 11. The van der Waals surface area contributed by atoms with Crippen LogP contribution in [0.1, 0.15) is 60.8 Å². The third kappa shape index (κ3) is 7.05. The first-order valence-corrected chi connectivity index (χ1v) is 17.5. The van der Waals surface area contributed by atoms with E-state index in [1.165, 1.54) is 14.2 Å². The highest BCUT2D eigenvalue weighted by Gasteiger charge is 2.52. The summed E-state index contributed by atoms with van der Waals surface area (Å²) in [4.78, 5) is 25.7. The van der Waals surface area contributed by atoms with Crippen LogP contribution in [-0.4, -0.2) is 51.2 Å². The fraction of sp³-hybridized carbons (Fsp3) is 0.350. The van der Waals surface area contributed by atoms with Crippen molar-refractivity contribution in [1.29, 1.82) is 0 Å². The highest BCUT2D eigenvalue weighted by atomic mass is 16.7. The number of amides is 1. The maximum atomic E-state index is 13.5. The van der Waals surface area contributed by atoms with E-state index in [0.29, 0.717) is 35.9 Å². The summed E-state index contributed by atoms with van der Waals surface area (Å²) in [5, 5.41) is 17.2. The molecule has 0 radical (unpaired) electrons. The molecule has 4 atom stereocenters. The molecule has 0 spiro atoms. The SMILES string of the molecule is COc1cc([C@@H]2c3cc4c(cc3[C@@H](Nc3ccc(OCCCCCCC(=O)Nc5ccccc5N)cc3)[C@H]3COC(=O)[C@H]23)OCO4)cc(OC)c1O. The molecule has 2 heterocycles. The number of carbonyl (C=O) groups excluding carboxylic acids is 2. The largest absolute Gasteiger partial charge is 0.502 e. The number of ether oxygens (including phenoxy) is 6. The minimum atomic E-state index is -0.524. The minimum Gasteiger partial charge on any atom is -0.502 e. The third-order valence-corrected chi connectivity index (χ3v) is 10.0. The number of hydrogen-bond donors (Lipinski definition) is 4. The van der Waals surface area contributed by atoms with Crippen molar-refractivity contribution >= 4 is 28.9 Å². The number of cyclic esters (lactones) is 1. The van der Waals surface area contributed by atoms with Gasteiger partial charge in [-0.05, 0) is 90.2 Å². The molecule has 5 N–H and O–H groups in total. The molecule has 12 heteroatoms. The lowest BCUT2D eigenvalue weighted by Gasteiger charge is -2.40. The average Bonchev–Trinajstić information content (AvgIpc) is 3.78. The summed E-state index contributed by atoms with van der Waals surface area (Å²) in [5.41, 5.74) is 10.6. The molecular weight excluding hydrogens is 666 g/mol. The molecule has 272 valence electrons. The molecule has 52 heavy (non-hydrogen) atoms. The Labute approximate surface area is 302 Å². The van der Waals surface area contributed by atoms with Gasteiger partial charge in [0.1, 0.15) is 5.75 Å². The normalized spacial score (nSPS) is 19.6. The van der Waals surface area contributed by atoms with Gasteiger partial charge in [-0.15, -0.1) is 0 Å². The van der Waals surface area contributed by atoms with Gasteiger partial charge in [-0.2, -0.15) is 0 Å². The summed E-state index contributed by atoms with van der Waals surface area (Å²) in [6.07, 6.45) is 3.99. The van der Waals surface area contributed by atoms with E-state index >= 15 is 0 Å². The maximum absolute atomic E-state index is 13.5. The Kier molecular flexibility index (Phi) is 10.1. The molecule has 0 bridgehead atoms. The number of anilines is 3. The van der Waals surface area contributed by atoms with Gasteiger partial charge in [-0.1, -0.05) is 25.0 Å². The zero-order chi connectivity index (χ0) is 36.2. The van der Waals surface area contributed by atoms with Crippen LogP contribution in [0.15, 0.2) is 72.8 Å². The first-order valence-electron chi connectivity index (χ1n) is 17.5. The van der Waals surface area contributed by atoms with Crippen LogP contribution in [-0.2, 0) is 14.3 Å². The number of para-hydroxylation sites is 2. The Morgan fingerprint density at radius 3 is 2.29 bits per heavy atom. The van der Waals surface area contributed by atoms with Crippen LogP contribution in [0.5, 0.6) is 34.5 Å². The van der Waals surface area contributed by atoms with Crippen LogP contribution >= 0.6 is 0 Å². The van der Waals surface area contributed by atoms with Crippen LogP contribution in [0, 0.1) is 11.8 Å². The van der Waals surface area contributed by atoms with Gasteiger partial charge in [0, 0.05) is 23.9 Å². The fourth-order valence-corrected chi connectivity index (χ4v) is 7.42. The Morgan fingerprint density at radius 1 is 0.885 bits per heavy atom. The van der Waals surface area contributed by atoms with Crippen LogP contribution in [0.2, 0.25) is 0 Å². The summed E-state index contributed by atoms with van der Waals surface area (Å²) in [5.74, 6) is 0.891. The lowest BCUT2D eigenvalue weighted by atomic mass is 9.65. The second kappa shape index (κ2) is 15.2. The summed E-state index contributed by atoms with van der Waals surface area (Å²) in [6, 6.07) is 22.2. The van der Waals surface area contributed by atoms with Crippen molar-refractivity contribution in [3.05, 3.63) is 89.5 Å². The van der Waals surface area contributed by atoms with Crippen LogP contribution in [0.4, 0.5) is 17.1 Å². The van der Waals surface area contributed by atoms with Crippen molar-refractivity contribution in [2.75, 3.05) is 50.6 Å². The number of esters is 1.